The van der Waals surface area contributed by atoms with Crippen LogP contribution in [0.25, 0.3) is 0 Å². The Bertz CT molecular complexity index is 299. The Labute approximate surface area is 123 Å². The Morgan fingerprint density at radius 1 is 1.55 bits per heavy atom. The van der Waals surface area contributed by atoms with E-state index in [1.165, 1.54) is 12.8 Å². The van der Waals surface area contributed by atoms with Gasteiger partial charge in [-0.15, -0.1) is 0 Å². The first-order valence-corrected chi connectivity index (χ1v) is 7.78. The molecule has 1 aliphatic carbocycles. The molecule has 0 spiro atoms. The number of hydrogen-bond donors (Lipinski definition) is 2. The molecule has 0 radical (unpaired) electrons. The van der Waals surface area contributed by atoms with Crippen LogP contribution >= 0.6 is 0 Å². The van der Waals surface area contributed by atoms with Crippen molar-refractivity contribution in [1.29, 1.82) is 0 Å². The number of likely N-dealkylation sites (N-methyl/N-ethyl adjacent to an activating group) is 1. The van der Waals surface area contributed by atoms with Crippen molar-refractivity contribution in [3.63, 3.8) is 0 Å². The quantitative estimate of drug-likeness (QED) is 0.652. The third kappa shape index (κ3) is 4.72. The van der Waals surface area contributed by atoms with Gasteiger partial charge in [0.2, 0.25) is 5.91 Å². The maximum atomic E-state index is 12.0. The van der Waals surface area contributed by atoms with Gasteiger partial charge in [-0.05, 0) is 25.3 Å². The molecule has 2 unspecified atom stereocenters. The second-order valence-corrected chi connectivity index (χ2v) is 5.99. The highest BCUT2D eigenvalue weighted by Gasteiger charge is 2.38. The fourth-order valence-electron chi connectivity index (χ4n) is 3.37. The zero-order valence-electron chi connectivity index (χ0n) is 13.3. The van der Waals surface area contributed by atoms with Crippen molar-refractivity contribution in [2.45, 2.75) is 45.1 Å². The van der Waals surface area contributed by atoms with Gasteiger partial charge in [-0.3, -0.25) is 9.69 Å². The molecule has 0 aromatic heterocycles. The van der Waals surface area contributed by atoms with Crippen LogP contribution < -0.4 is 11.1 Å². The van der Waals surface area contributed by atoms with Gasteiger partial charge in [0.15, 0.2) is 0 Å². The van der Waals surface area contributed by atoms with E-state index in [-0.39, 0.29) is 11.4 Å². The highest BCUT2D eigenvalue weighted by Crippen LogP contribution is 2.36. The molecular weight excluding hydrogens is 254 g/mol. The van der Waals surface area contributed by atoms with Crippen molar-refractivity contribution in [3.05, 3.63) is 0 Å². The monoisotopic (exact) mass is 285 g/mol. The van der Waals surface area contributed by atoms with Crippen LogP contribution in [0.4, 0.5) is 0 Å². The van der Waals surface area contributed by atoms with Crippen LogP contribution in [0, 0.1) is 5.92 Å². The largest absolute Gasteiger partial charge is 0.383 e. The van der Waals surface area contributed by atoms with E-state index in [2.05, 4.69) is 24.1 Å². The predicted octanol–water partition coefficient (Wildman–Crippen LogP) is 0.979. The average molecular weight is 285 g/mol. The molecule has 3 N–H and O–H groups in total. The number of amides is 1. The van der Waals surface area contributed by atoms with Crippen molar-refractivity contribution >= 4 is 5.91 Å². The summed E-state index contributed by atoms with van der Waals surface area (Å²) in [6.45, 7) is 7.45. The van der Waals surface area contributed by atoms with E-state index in [1.807, 2.05) is 0 Å². The summed E-state index contributed by atoms with van der Waals surface area (Å²) in [5, 5.41) is 2.89. The lowest BCUT2D eigenvalue weighted by molar-refractivity contribution is -0.124. The first-order chi connectivity index (χ1) is 9.57. The number of nitrogens with one attached hydrogen (secondary N) is 1. The predicted molar refractivity (Wildman–Crippen MR) is 81.6 cm³/mol. The molecule has 5 heteroatoms. The molecule has 2 atom stereocenters. The molecule has 118 valence electrons. The van der Waals surface area contributed by atoms with Gasteiger partial charge in [-0.2, -0.15) is 0 Å². The highest BCUT2D eigenvalue weighted by molar-refractivity contribution is 5.78. The van der Waals surface area contributed by atoms with Crippen molar-refractivity contribution in [2.75, 3.05) is 39.9 Å². The molecule has 1 aliphatic rings. The molecule has 5 nitrogen and oxygen atoms in total. The van der Waals surface area contributed by atoms with Crippen molar-refractivity contribution in [2.24, 2.45) is 11.7 Å². The summed E-state index contributed by atoms with van der Waals surface area (Å²) in [7, 11) is 1.64. The van der Waals surface area contributed by atoms with E-state index >= 15 is 0 Å². The van der Waals surface area contributed by atoms with Gasteiger partial charge in [-0.1, -0.05) is 26.7 Å². The number of nitrogens with two attached hydrogens (primary N) is 1. The van der Waals surface area contributed by atoms with E-state index in [1.54, 1.807) is 7.11 Å². The van der Waals surface area contributed by atoms with Gasteiger partial charge < -0.3 is 15.8 Å². The molecule has 1 amide bonds. The lowest BCUT2D eigenvalue weighted by atomic mass is 9.75. The first kappa shape index (κ1) is 17.4. The van der Waals surface area contributed by atoms with Crippen LogP contribution in [-0.4, -0.2) is 56.2 Å². The number of ether oxygens (including phenoxy) is 1. The Hall–Kier alpha value is -0.650. The number of methoxy groups -OCH3 is 1. The van der Waals surface area contributed by atoms with Crippen LogP contribution in [0.15, 0.2) is 0 Å². The number of hydrogen-bond acceptors (Lipinski definition) is 4. The SMILES string of the molecule is CCN(CC(=O)NCCOC)C1(CN)CCCC(C)C1. The Kier molecular flexibility index (Phi) is 7.48. The molecule has 1 rings (SSSR count). The van der Waals surface area contributed by atoms with E-state index in [0.29, 0.717) is 32.2 Å². The Balaban J connectivity index is 2.60. The topological polar surface area (TPSA) is 67.6 Å². The summed E-state index contributed by atoms with van der Waals surface area (Å²) in [6.07, 6.45) is 4.69. The fraction of sp³-hybridized carbons (Fsp3) is 0.933. The van der Waals surface area contributed by atoms with Crippen LogP contribution in [0.1, 0.15) is 39.5 Å². The lowest BCUT2D eigenvalue weighted by Gasteiger charge is -2.47. The third-order valence-electron chi connectivity index (χ3n) is 4.46. The minimum Gasteiger partial charge on any atom is -0.383 e. The number of rotatable bonds is 8. The molecule has 0 aromatic carbocycles. The Morgan fingerprint density at radius 3 is 2.85 bits per heavy atom. The van der Waals surface area contributed by atoms with E-state index in [0.717, 1.165) is 19.4 Å². The van der Waals surface area contributed by atoms with Gasteiger partial charge in [0, 0.05) is 25.7 Å². The standard InChI is InChI=1S/C15H31N3O2/c1-4-18(11-14(19)17-8-9-20-3)15(12-16)7-5-6-13(2)10-15/h13H,4-12,16H2,1-3H3,(H,17,19). The first-order valence-electron chi connectivity index (χ1n) is 7.78. The van der Waals surface area contributed by atoms with Gasteiger partial charge in [-0.25, -0.2) is 0 Å². The van der Waals surface area contributed by atoms with Gasteiger partial charge in [0.1, 0.15) is 0 Å². The summed E-state index contributed by atoms with van der Waals surface area (Å²) in [6, 6.07) is 0. The van der Waals surface area contributed by atoms with Crippen LogP contribution in [0.5, 0.6) is 0 Å². The highest BCUT2D eigenvalue weighted by atomic mass is 16.5. The van der Waals surface area contributed by atoms with Crippen LogP contribution in [0.2, 0.25) is 0 Å². The normalized spacial score (nSPS) is 26.8. The van der Waals surface area contributed by atoms with Crippen LogP contribution in [-0.2, 0) is 9.53 Å². The molecular formula is C15H31N3O2. The lowest BCUT2D eigenvalue weighted by Crippen LogP contribution is -2.58. The second kappa shape index (κ2) is 8.60. The van der Waals surface area contributed by atoms with Crippen molar-refractivity contribution < 1.29 is 9.53 Å². The second-order valence-electron chi connectivity index (χ2n) is 5.99. The van der Waals surface area contributed by atoms with E-state index in [4.69, 9.17) is 10.5 Å². The number of nitrogens with zero attached hydrogens (tertiary/aromatic N) is 1. The van der Waals surface area contributed by atoms with E-state index in [9.17, 15) is 4.79 Å². The third-order valence-corrected chi connectivity index (χ3v) is 4.46. The zero-order valence-corrected chi connectivity index (χ0v) is 13.3. The minimum atomic E-state index is 0.00497. The average Bonchev–Trinajstić information content (AvgIpc) is 2.44. The summed E-state index contributed by atoms with van der Waals surface area (Å²) < 4.78 is 4.95. The zero-order chi connectivity index (χ0) is 15.0. The Morgan fingerprint density at radius 2 is 2.30 bits per heavy atom. The smallest absolute Gasteiger partial charge is 0.234 e. The summed E-state index contributed by atoms with van der Waals surface area (Å²) in [5.41, 5.74) is 6.09. The van der Waals surface area contributed by atoms with Gasteiger partial charge in [0.05, 0.1) is 13.2 Å². The summed E-state index contributed by atoms with van der Waals surface area (Å²) in [5.74, 6) is 0.757. The van der Waals surface area contributed by atoms with Gasteiger partial charge >= 0.3 is 0 Å². The maximum Gasteiger partial charge on any atom is 0.234 e. The van der Waals surface area contributed by atoms with Crippen molar-refractivity contribution in [1.82, 2.24) is 10.2 Å². The molecule has 0 heterocycles. The maximum absolute atomic E-state index is 12.0. The molecule has 1 saturated carbocycles. The number of carbonyl (C=O) groups is 1. The number of carbonyl (C=O) groups excluding carboxylic acids is 1. The summed E-state index contributed by atoms with van der Waals surface area (Å²) >= 11 is 0. The fourth-order valence-corrected chi connectivity index (χ4v) is 3.37. The van der Waals surface area contributed by atoms with Crippen molar-refractivity contribution in [3.8, 4) is 0 Å². The molecule has 0 aromatic rings. The van der Waals surface area contributed by atoms with E-state index < -0.39 is 0 Å². The summed E-state index contributed by atoms with van der Waals surface area (Å²) in [4.78, 5) is 14.3. The molecule has 0 bridgehead atoms. The minimum absolute atomic E-state index is 0.00497. The molecule has 0 saturated heterocycles. The molecule has 20 heavy (non-hydrogen) atoms. The van der Waals surface area contributed by atoms with Gasteiger partial charge in [0.25, 0.3) is 0 Å². The molecule has 0 aliphatic heterocycles. The molecule has 1 fully saturated rings. The van der Waals surface area contributed by atoms with Crippen LogP contribution in [0.3, 0.4) is 0 Å².